The fourth-order valence-electron chi connectivity index (χ4n) is 2.91. The number of amides is 2. The van der Waals surface area contributed by atoms with Crippen molar-refractivity contribution in [3.63, 3.8) is 0 Å². The number of carbonyl (C=O) groups excluding carboxylic acids is 2. The highest BCUT2D eigenvalue weighted by atomic mass is 16.2. The van der Waals surface area contributed by atoms with Crippen molar-refractivity contribution in [3.8, 4) is 0 Å². The molecule has 0 aliphatic heterocycles. The lowest BCUT2D eigenvalue weighted by atomic mass is 10.2. The van der Waals surface area contributed by atoms with Crippen molar-refractivity contribution in [2.75, 3.05) is 10.6 Å². The van der Waals surface area contributed by atoms with Crippen LogP contribution in [0.2, 0.25) is 0 Å². The lowest BCUT2D eigenvalue weighted by Crippen LogP contribution is -2.43. The molecule has 0 aliphatic carbocycles. The summed E-state index contributed by atoms with van der Waals surface area (Å²) in [5.74, 6) is -1.19. The van der Waals surface area contributed by atoms with Crippen molar-refractivity contribution >= 4 is 28.9 Å². The van der Waals surface area contributed by atoms with E-state index in [0.717, 1.165) is 16.9 Å². The summed E-state index contributed by atoms with van der Waals surface area (Å²) >= 11 is 0. The SMILES string of the molecule is CC(C)N(Cc1ccccc1)C(=O)C(=O)Nc1ccc(Nc2ccccc2)cc1. The van der Waals surface area contributed by atoms with Gasteiger partial charge in [-0.15, -0.1) is 0 Å². The molecular weight excluding hydrogens is 362 g/mol. The summed E-state index contributed by atoms with van der Waals surface area (Å²) in [5, 5.41) is 5.98. The van der Waals surface area contributed by atoms with Gasteiger partial charge in [-0.25, -0.2) is 0 Å². The topological polar surface area (TPSA) is 61.4 Å². The number of benzene rings is 3. The van der Waals surface area contributed by atoms with Crippen LogP contribution < -0.4 is 10.6 Å². The number of carbonyl (C=O) groups is 2. The zero-order valence-corrected chi connectivity index (χ0v) is 16.6. The summed E-state index contributed by atoms with van der Waals surface area (Å²) in [4.78, 5) is 26.8. The van der Waals surface area contributed by atoms with Gasteiger partial charge in [-0.3, -0.25) is 9.59 Å². The Kier molecular flexibility index (Phi) is 6.63. The number of nitrogens with one attached hydrogen (secondary N) is 2. The quantitative estimate of drug-likeness (QED) is 0.597. The van der Waals surface area contributed by atoms with E-state index in [1.807, 2.05) is 86.6 Å². The van der Waals surface area contributed by atoms with Gasteiger partial charge in [0.25, 0.3) is 0 Å². The van der Waals surface area contributed by atoms with Crippen LogP contribution in [0.15, 0.2) is 84.9 Å². The van der Waals surface area contributed by atoms with E-state index in [1.165, 1.54) is 0 Å². The summed E-state index contributed by atoms with van der Waals surface area (Å²) in [6.07, 6.45) is 0. The molecule has 5 heteroatoms. The van der Waals surface area contributed by atoms with Gasteiger partial charge in [0.2, 0.25) is 0 Å². The third kappa shape index (κ3) is 5.69. The molecule has 0 radical (unpaired) electrons. The molecule has 0 spiro atoms. The summed E-state index contributed by atoms with van der Waals surface area (Å²) in [7, 11) is 0. The summed E-state index contributed by atoms with van der Waals surface area (Å²) in [6, 6.07) is 26.6. The highest BCUT2D eigenvalue weighted by molar-refractivity contribution is 6.39. The van der Waals surface area contributed by atoms with E-state index in [1.54, 1.807) is 17.0 Å². The smallest absolute Gasteiger partial charge is 0.313 e. The minimum Gasteiger partial charge on any atom is -0.356 e. The van der Waals surface area contributed by atoms with Crippen LogP contribution in [-0.2, 0) is 16.1 Å². The molecule has 0 saturated heterocycles. The number of rotatable bonds is 6. The standard InChI is InChI=1S/C24H25N3O2/c1-18(2)27(17-19-9-5-3-6-10-19)24(29)23(28)26-22-15-13-21(14-16-22)25-20-11-7-4-8-12-20/h3-16,18,25H,17H2,1-2H3,(H,26,28). The van der Waals surface area contributed by atoms with Gasteiger partial charge in [-0.1, -0.05) is 48.5 Å². The van der Waals surface area contributed by atoms with Gasteiger partial charge in [0.15, 0.2) is 0 Å². The number of hydrogen-bond acceptors (Lipinski definition) is 3. The molecule has 3 rings (SSSR count). The van der Waals surface area contributed by atoms with Crippen LogP contribution in [0.4, 0.5) is 17.1 Å². The Labute approximate surface area is 171 Å². The Morgan fingerprint density at radius 2 is 1.28 bits per heavy atom. The monoisotopic (exact) mass is 387 g/mol. The van der Waals surface area contributed by atoms with Crippen molar-refractivity contribution in [1.29, 1.82) is 0 Å². The molecule has 3 aromatic rings. The molecule has 0 atom stereocenters. The first-order valence-corrected chi connectivity index (χ1v) is 9.61. The third-order valence-corrected chi connectivity index (χ3v) is 4.48. The third-order valence-electron chi connectivity index (χ3n) is 4.48. The molecule has 0 aliphatic rings. The van der Waals surface area contributed by atoms with Crippen LogP contribution in [0, 0.1) is 0 Å². The molecule has 0 heterocycles. The van der Waals surface area contributed by atoms with E-state index in [0.29, 0.717) is 12.2 Å². The minimum atomic E-state index is -0.640. The fraction of sp³-hybridized carbons (Fsp3) is 0.167. The Hall–Kier alpha value is -3.60. The maximum atomic E-state index is 12.7. The summed E-state index contributed by atoms with van der Waals surface area (Å²) < 4.78 is 0. The van der Waals surface area contributed by atoms with E-state index < -0.39 is 11.8 Å². The van der Waals surface area contributed by atoms with Gasteiger partial charge >= 0.3 is 11.8 Å². The van der Waals surface area contributed by atoms with Gasteiger partial charge in [0.1, 0.15) is 0 Å². The van der Waals surface area contributed by atoms with Crippen LogP contribution >= 0.6 is 0 Å². The molecule has 5 nitrogen and oxygen atoms in total. The van der Waals surface area contributed by atoms with E-state index in [2.05, 4.69) is 10.6 Å². The maximum absolute atomic E-state index is 12.7. The second-order valence-electron chi connectivity index (χ2n) is 7.03. The van der Waals surface area contributed by atoms with E-state index >= 15 is 0 Å². The van der Waals surface area contributed by atoms with Gasteiger partial charge < -0.3 is 15.5 Å². The Morgan fingerprint density at radius 3 is 1.86 bits per heavy atom. The fourth-order valence-corrected chi connectivity index (χ4v) is 2.91. The molecule has 0 aromatic heterocycles. The average Bonchev–Trinajstić information content (AvgIpc) is 2.74. The average molecular weight is 387 g/mol. The van der Waals surface area contributed by atoms with Crippen molar-refractivity contribution in [3.05, 3.63) is 90.5 Å². The number of hydrogen-bond donors (Lipinski definition) is 2. The second-order valence-corrected chi connectivity index (χ2v) is 7.03. The van der Waals surface area contributed by atoms with Crippen LogP contribution in [0.3, 0.4) is 0 Å². The lowest BCUT2D eigenvalue weighted by Gasteiger charge is -2.26. The molecule has 0 fully saturated rings. The molecule has 2 N–H and O–H groups in total. The molecule has 148 valence electrons. The summed E-state index contributed by atoms with van der Waals surface area (Å²) in [5.41, 5.74) is 3.44. The normalized spacial score (nSPS) is 10.4. The largest absolute Gasteiger partial charge is 0.356 e. The lowest BCUT2D eigenvalue weighted by molar-refractivity contribution is -0.144. The van der Waals surface area contributed by atoms with E-state index in [-0.39, 0.29) is 6.04 Å². The van der Waals surface area contributed by atoms with Crippen LogP contribution in [0.5, 0.6) is 0 Å². The van der Waals surface area contributed by atoms with Crippen LogP contribution in [0.1, 0.15) is 19.4 Å². The van der Waals surface area contributed by atoms with Crippen LogP contribution in [0.25, 0.3) is 0 Å². The zero-order chi connectivity index (χ0) is 20.6. The Bertz CT molecular complexity index is 939. The Balaban J connectivity index is 1.62. The predicted molar refractivity (Wildman–Crippen MR) is 117 cm³/mol. The molecular formula is C24H25N3O2. The number of anilines is 3. The molecule has 29 heavy (non-hydrogen) atoms. The predicted octanol–water partition coefficient (Wildman–Crippen LogP) is 4.81. The number of para-hydroxylation sites is 1. The summed E-state index contributed by atoms with van der Waals surface area (Å²) in [6.45, 7) is 4.20. The highest BCUT2D eigenvalue weighted by Crippen LogP contribution is 2.19. The molecule has 0 bridgehead atoms. The molecule has 0 unspecified atom stereocenters. The number of nitrogens with zero attached hydrogens (tertiary/aromatic N) is 1. The second kappa shape index (κ2) is 9.55. The minimum absolute atomic E-state index is 0.0918. The first-order valence-electron chi connectivity index (χ1n) is 9.61. The van der Waals surface area contributed by atoms with Crippen molar-refractivity contribution in [2.45, 2.75) is 26.4 Å². The van der Waals surface area contributed by atoms with Crippen molar-refractivity contribution in [1.82, 2.24) is 4.90 Å². The molecule has 3 aromatic carbocycles. The maximum Gasteiger partial charge on any atom is 0.313 e. The van der Waals surface area contributed by atoms with E-state index in [4.69, 9.17) is 0 Å². The van der Waals surface area contributed by atoms with Gasteiger partial charge in [0, 0.05) is 29.6 Å². The molecule has 0 saturated carbocycles. The van der Waals surface area contributed by atoms with E-state index in [9.17, 15) is 9.59 Å². The van der Waals surface area contributed by atoms with Crippen LogP contribution in [-0.4, -0.2) is 22.8 Å². The van der Waals surface area contributed by atoms with Crippen molar-refractivity contribution in [2.24, 2.45) is 0 Å². The zero-order valence-electron chi connectivity index (χ0n) is 16.6. The Morgan fingerprint density at radius 1 is 0.759 bits per heavy atom. The first kappa shape index (κ1) is 20.1. The highest BCUT2D eigenvalue weighted by Gasteiger charge is 2.24. The first-order chi connectivity index (χ1) is 14.0. The van der Waals surface area contributed by atoms with Gasteiger partial charge in [-0.05, 0) is 55.8 Å². The van der Waals surface area contributed by atoms with Gasteiger partial charge in [0.05, 0.1) is 0 Å². The van der Waals surface area contributed by atoms with Crippen molar-refractivity contribution < 1.29 is 9.59 Å². The van der Waals surface area contributed by atoms with Gasteiger partial charge in [-0.2, -0.15) is 0 Å². The molecule has 2 amide bonds.